The fourth-order valence-corrected chi connectivity index (χ4v) is 2.21. The normalized spacial score (nSPS) is 22.9. The Hall–Kier alpha value is -1.49. The Labute approximate surface area is 104 Å². The van der Waals surface area contributed by atoms with Crippen molar-refractivity contribution in [2.75, 3.05) is 7.05 Å². The molecule has 98 valence electrons. The van der Waals surface area contributed by atoms with Crippen LogP contribution in [0.15, 0.2) is 18.2 Å². The molecule has 0 atom stereocenters. The number of carbonyl (C=O) groups is 1. The van der Waals surface area contributed by atoms with Crippen LogP contribution in [0.2, 0.25) is 0 Å². The summed E-state index contributed by atoms with van der Waals surface area (Å²) in [6.07, 6.45) is 1.14. The molecule has 1 fully saturated rings. The number of benzene rings is 1. The SMILES string of the molecule is CN(Cc1cc(F)ccc1F)C1CC(C(=O)O)C1. The number of hydrogen-bond donors (Lipinski definition) is 1. The molecule has 18 heavy (non-hydrogen) atoms. The second-order valence-electron chi connectivity index (χ2n) is 4.81. The van der Waals surface area contributed by atoms with Gasteiger partial charge in [-0.2, -0.15) is 0 Å². The molecule has 1 saturated carbocycles. The van der Waals surface area contributed by atoms with Crippen molar-refractivity contribution in [1.29, 1.82) is 0 Å². The number of halogens is 2. The minimum Gasteiger partial charge on any atom is -0.481 e. The smallest absolute Gasteiger partial charge is 0.306 e. The molecule has 2 rings (SSSR count). The summed E-state index contributed by atoms with van der Waals surface area (Å²) in [6, 6.07) is 3.51. The third kappa shape index (κ3) is 2.67. The number of carboxylic acid groups (broad SMARTS) is 1. The van der Waals surface area contributed by atoms with Crippen LogP contribution in [0.1, 0.15) is 18.4 Å². The van der Waals surface area contributed by atoms with Gasteiger partial charge in [-0.3, -0.25) is 9.69 Å². The van der Waals surface area contributed by atoms with Crippen molar-refractivity contribution in [2.24, 2.45) is 5.92 Å². The lowest BCUT2D eigenvalue weighted by Crippen LogP contribution is -2.44. The van der Waals surface area contributed by atoms with E-state index in [0.29, 0.717) is 24.9 Å². The maximum atomic E-state index is 13.4. The van der Waals surface area contributed by atoms with Crippen molar-refractivity contribution in [1.82, 2.24) is 4.90 Å². The quantitative estimate of drug-likeness (QED) is 0.897. The Morgan fingerprint density at radius 3 is 2.72 bits per heavy atom. The van der Waals surface area contributed by atoms with Crippen molar-refractivity contribution in [3.8, 4) is 0 Å². The van der Waals surface area contributed by atoms with E-state index >= 15 is 0 Å². The molecule has 0 aromatic heterocycles. The third-order valence-corrected chi connectivity index (χ3v) is 3.51. The molecule has 0 bridgehead atoms. The van der Waals surface area contributed by atoms with Gasteiger partial charge in [0.05, 0.1) is 5.92 Å². The van der Waals surface area contributed by atoms with Crippen molar-refractivity contribution in [2.45, 2.75) is 25.4 Å². The molecule has 5 heteroatoms. The van der Waals surface area contributed by atoms with Gasteiger partial charge in [-0.15, -0.1) is 0 Å². The number of aliphatic carboxylic acids is 1. The summed E-state index contributed by atoms with van der Waals surface area (Å²) in [7, 11) is 1.80. The molecule has 1 aromatic carbocycles. The first kappa shape index (κ1) is 13.0. The van der Waals surface area contributed by atoms with Gasteiger partial charge < -0.3 is 5.11 Å². The predicted molar refractivity (Wildman–Crippen MR) is 62.0 cm³/mol. The van der Waals surface area contributed by atoms with E-state index in [1.165, 1.54) is 6.07 Å². The lowest BCUT2D eigenvalue weighted by molar-refractivity contribution is -0.146. The lowest BCUT2D eigenvalue weighted by Gasteiger charge is -2.39. The van der Waals surface area contributed by atoms with E-state index in [2.05, 4.69) is 0 Å². The summed E-state index contributed by atoms with van der Waals surface area (Å²) in [5.41, 5.74) is 0.302. The molecule has 1 aliphatic carbocycles. The van der Waals surface area contributed by atoms with Crippen LogP contribution in [0.4, 0.5) is 8.78 Å². The van der Waals surface area contributed by atoms with Gasteiger partial charge >= 0.3 is 5.97 Å². The highest BCUT2D eigenvalue weighted by Gasteiger charge is 2.36. The van der Waals surface area contributed by atoms with Gasteiger partial charge in [0.1, 0.15) is 11.6 Å². The molecule has 3 nitrogen and oxygen atoms in total. The second kappa shape index (κ2) is 5.02. The van der Waals surface area contributed by atoms with Gasteiger partial charge in [-0.05, 0) is 38.1 Å². The van der Waals surface area contributed by atoms with Crippen LogP contribution in [0, 0.1) is 17.6 Å². The minimum absolute atomic E-state index is 0.133. The first-order valence-electron chi connectivity index (χ1n) is 5.84. The van der Waals surface area contributed by atoms with Crippen LogP contribution in [-0.4, -0.2) is 29.1 Å². The summed E-state index contributed by atoms with van der Waals surface area (Å²) < 4.78 is 26.4. The molecule has 1 N–H and O–H groups in total. The Morgan fingerprint density at radius 1 is 1.44 bits per heavy atom. The Bertz CT molecular complexity index is 458. The van der Waals surface area contributed by atoms with E-state index < -0.39 is 17.6 Å². The largest absolute Gasteiger partial charge is 0.481 e. The summed E-state index contributed by atoms with van der Waals surface area (Å²) in [5, 5.41) is 8.77. The summed E-state index contributed by atoms with van der Waals surface area (Å²) in [6.45, 7) is 0.292. The zero-order valence-corrected chi connectivity index (χ0v) is 10.1. The summed E-state index contributed by atoms with van der Waals surface area (Å²) >= 11 is 0. The fourth-order valence-electron chi connectivity index (χ4n) is 2.21. The van der Waals surface area contributed by atoms with Gasteiger partial charge in [-0.25, -0.2) is 8.78 Å². The monoisotopic (exact) mass is 255 g/mol. The molecule has 0 heterocycles. The highest BCUT2D eigenvalue weighted by molar-refractivity contribution is 5.71. The molecular formula is C13H15F2NO2. The van der Waals surface area contributed by atoms with Crippen LogP contribution in [-0.2, 0) is 11.3 Å². The summed E-state index contributed by atoms with van der Waals surface area (Å²) in [5.74, 6) is -1.97. The van der Waals surface area contributed by atoms with Crippen molar-refractivity contribution < 1.29 is 18.7 Å². The van der Waals surface area contributed by atoms with Crippen molar-refractivity contribution in [3.63, 3.8) is 0 Å². The molecule has 0 saturated heterocycles. The number of nitrogens with zero attached hydrogens (tertiary/aromatic N) is 1. The highest BCUT2D eigenvalue weighted by atomic mass is 19.1. The minimum atomic E-state index is -0.781. The van der Waals surface area contributed by atoms with Gasteiger partial charge in [-0.1, -0.05) is 0 Å². The molecule has 0 unspecified atom stereocenters. The Morgan fingerprint density at radius 2 is 2.11 bits per heavy atom. The lowest BCUT2D eigenvalue weighted by atomic mass is 9.79. The molecule has 0 spiro atoms. The Kier molecular flexibility index (Phi) is 3.61. The Balaban J connectivity index is 1.94. The van der Waals surface area contributed by atoms with Crippen LogP contribution >= 0.6 is 0 Å². The third-order valence-electron chi connectivity index (χ3n) is 3.51. The highest BCUT2D eigenvalue weighted by Crippen LogP contribution is 2.32. The molecular weight excluding hydrogens is 240 g/mol. The fraction of sp³-hybridized carbons (Fsp3) is 0.462. The number of carboxylic acids is 1. The molecule has 1 aliphatic rings. The van der Waals surface area contributed by atoms with Crippen molar-refractivity contribution >= 4 is 5.97 Å². The topological polar surface area (TPSA) is 40.5 Å². The van der Waals surface area contributed by atoms with Crippen LogP contribution < -0.4 is 0 Å². The zero-order valence-electron chi connectivity index (χ0n) is 10.1. The van der Waals surface area contributed by atoms with Gasteiger partial charge in [0.2, 0.25) is 0 Å². The van der Waals surface area contributed by atoms with E-state index in [1.54, 1.807) is 7.05 Å². The molecule has 0 amide bonds. The number of hydrogen-bond acceptors (Lipinski definition) is 2. The predicted octanol–water partition coefficient (Wildman–Crippen LogP) is 2.26. The maximum Gasteiger partial charge on any atom is 0.306 e. The summed E-state index contributed by atoms with van der Waals surface area (Å²) in [4.78, 5) is 12.6. The van der Waals surface area contributed by atoms with E-state index in [0.717, 1.165) is 12.1 Å². The maximum absolute atomic E-state index is 13.4. The van der Waals surface area contributed by atoms with E-state index in [9.17, 15) is 13.6 Å². The first-order chi connectivity index (χ1) is 8.47. The van der Waals surface area contributed by atoms with Crippen LogP contribution in [0.25, 0.3) is 0 Å². The van der Waals surface area contributed by atoms with Crippen LogP contribution in [0.5, 0.6) is 0 Å². The van der Waals surface area contributed by atoms with Crippen LogP contribution in [0.3, 0.4) is 0 Å². The molecule has 0 radical (unpaired) electrons. The van der Waals surface area contributed by atoms with Gasteiger partial charge in [0.25, 0.3) is 0 Å². The van der Waals surface area contributed by atoms with E-state index in [1.807, 2.05) is 4.90 Å². The second-order valence-corrected chi connectivity index (χ2v) is 4.81. The number of rotatable bonds is 4. The average molecular weight is 255 g/mol. The first-order valence-corrected chi connectivity index (χ1v) is 5.84. The van der Waals surface area contributed by atoms with Gasteiger partial charge in [0.15, 0.2) is 0 Å². The van der Waals surface area contributed by atoms with Crippen molar-refractivity contribution in [3.05, 3.63) is 35.4 Å². The van der Waals surface area contributed by atoms with Gasteiger partial charge in [0, 0.05) is 18.2 Å². The standard InChI is InChI=1S/C13H15F2NO2/c1-16(11-5-8(6-11)13(17)18)7-9-4-10(14)2-3-12(9)15/h2-4,8,11H,5-7H2,1H3,(H,17,18). The zero-order chi connectivity index (χ0) is 13.3. The average Bonchev–Trinajstić information content (AvgIpc) is 2.20. The molecule has 1 aromatic rings. The van der Waals surface area contributed by atoms with E-state index in [4.69, 9.17) is 5.11 Å². The molecule has 0 aliphatic heterocycles. The van der Waals surface area contributed by atoms with E-state index in [-0.39, 0.29) is 12.0 Å².